The van der Waals surface area contributed by atoms with Gasteiger partial charge in [0.2, 0.25) is 0 Å². The summed E-state index contributed by atoms with van der Waals surface area (Å²) in [5.41, 5.74) is 14.7. The van der Waals surface area contributed by atoms with Crippen LogP contribution in [0.3, 0.4) is 0 Å². The van der Waals surface area contributed by atoms with Crippen molar-refractivity contribution in [2.75, 3.05) is 4.90 Å². The van der Waals surface area contributed by atoms with Gasteiger partial charge in [-0.2, -0.15) is 0 Å². The Kier molecular flexibility index (Phi) is 7.47. The summed E-state index contributed by atoms with van der Waals surface area (Å²) in [6.07, 6.45) is 1.86. The van der Waals surface area contributed by atoms with E-state index in [0.717, 1.165) is 44.8 Å². The monoisotopic (exact) mass is 678 g/mol. The van der Waals surface area contributed by atoms with Crippen molar-refractivity contribution in [1.29, 1.82) is 0 Å². The highest BCUT2D eigenvalue weighted by Gasteiger charge is 2.19. The lowest BCUT2D eigenvalue weighted by Crippen LogP contribution is -2.09. The SMILES string of the molecule is c1ccc(-c2ccc(-n3c4ccc(-c5ccccc5)cc4c4ccc(-c5ccc(N(c6ccccc6)c6coc7ccccc67)cc5)cc43)cc2)cc1. The molecule has 0 spiro atoms. The third-order valence-electron chi connectivity index (χ3n) is 10.3. The number of rotatable bonds is 7. The Labute approximate surface area is 308 Å². The van der Waals surface area contributed by atoms with Crippen LogP contribution in [-0.2, 0) is 0 Å². The van der Waals surface area contributed by atoms with Crippen molar-refractivity contribution in [1.82, 2.24) is 4.57 Å². The Balaban J connectivity index is 1.09. The lowest BCUT2D eigenvalue weighted by Gasteiger charge is -2.24. The van der Waals surface area contributed by atoms with Crippen LogP contribution in [-0.4, -0.2) is 4.57 Å². The van der Waals surface area contributed by atoms with E-state index in [0.29, 0.717) is 0 Å². The second-order valence-electron chi connectivity index (χ2n) is 13.4. The van der Waals surface area contributed by atoms with E-state index in [4.69, 9.17) is 4.42 Å². The molecule has 0 aliphatic rings. The van der Waals surface area contributed by atoms with Crippen LogP contribution in [0.5, 0.6) is 0 Å². The Bertz CT molecular complexity index is 2850. The number of benzene rings is 8. The van der Waals surface area contributed by atoms with Gasteiger partial charge >= 0.3 is 0 Å². The molecule has 10 aromatic rings. The summed E-state index contributed by atoms with van der Waals surface area (Å²) in [5.74, 6) is 0. The first-order valence-electron chi connectivity index (χ1n) is 18.0. The van der Waals surface area contributed by atoms with E-state index in [1.54, 1.807) is 0 Å². The molecule has 0 bridgehead atoms. The average molecular weight is 679 g/mol. The first kappa shape index (κ1) is 30.7. The van der Waals surface area contributed by atoms with Gasteiger partial charge in [0.05, 0.1) is 16.7 Å². The Hall–Kier alpha value is -7.10. The summed E-state index contributed by atoms with van der Waals surface area (Å²) in [6, 6.07) is 71.4. The predicted octanol–water partition coefficient (Wildman–Crippen LogP) is 14.0. The summed E-state index contributed by atoms with van der Waals surface area (Å²) in [6.45, 7) is 0. The van der Waals surface area contributed by atoms with Crippen LogP contribution in [0.4, 0.5) is 17.1 Å². The van der Waals surface area contributed by atoms with Crippen LogP contribution in [0, 0.1) is 0 Å². The molecule has 3 heteroatoms. The number of hydrogen-bond donors (Lipinski definition) is 0. The van der Waals surface area contributed by atoms with Gasteiger partial charge in [-0.1, -0.05) is 133 Å². The van der Waals surface area contributed by atoms with Crippen molar-refractivity contribution in [3.63, 3.8) is 0 Å². The van der Waals surface area contributed by atoms with Gasteiger partial charge in [0, 0.05) is 33.2 Å². The first-order valence-corrected chi connectivity index (χ1v) is 18.0. The zero-order valence-corrected chi connectivity index (χ0v) is 28.9. The summed E-state index contributed by atoms with van der Waals surface area (Å²) in [7, 11) is 0. The molecule has 2 aromatic heterocycles. The molecule has 0 aliphatic carbocycles. The third-order valence-corrected chi connectivity index (χ3v) is 10.3. The molecule has 0 N–H and O–H groups in total. The van der Waals surface area contributed by atoms with Gasteiger partial charge in [-0.3, -0.25) is 0 Å². The molecule has 0 radical (unpaired) electrons. The average Bonchev–Trinajstić information content (AvgIpc) is 3.81. The van der Waals surface area contributed by atoms with E-state index in [-0.39, 0.29) is 0 Å². The minimum atomic E-state index is 0.870. The smallest absolute Gasteiger partial charge is 0.136 e. The molecule has 8 aromatic carbocycles. The number of nitrogens with zero attached hydrogens (tertiary/aromatic N) is 2. The van der Waals surface area contributed by atoms with Crippen LogP contribution in [0.15, 0.2) is 211 Å². The predicted molar refractivity (Wildman–Crippen MR) is 222 cm³/mol. The zero-order chi connectivity index (χ0) is 35.1. The van der Waals surface area contributed by atoms with Crippen molar-refractivity contribution in [2.24, 2.45) is 0 Å². The van der Waals surface area contributed by atoms with Gasteiger partial charge in [0.25, 0.3) is 0 Å². The van der Waals surface area contributed by atoms with Crippen LogP contribution >= 0.6 is 0 Å². The Morgan fingerprint density at radius 3 is 1.62 bits per heavy atom. The van der Waals surface area contributed by atoms with Crippen molar-refractivity contribution >= 4 is 49.8 Å². The Morgan fingerprint density at radius 2 is 0.887 bits per heavy atom. The third kappa shape index (κ3) is 5.47. The second kappa shape index (κ2) is 12.9. The number of fused-ring (bicyclic) bond motifs is 4. The fraction of sp³-hybridized carbons (Fsp3) is 0. The second-order valence-corrected chi connectivity index (χ2v) is 13.4. The zero-order valence-electron chi connectivity index (χ0n) is 28.9. The maximum atomic E-state index is 6.00. The number of furan rings is 1. The molecular weight excluding hydrogens is 645 g/mol. The van der Waals surface area contributed by atoms with Crippen LogP contribution in [0.2, 0.25) is 0 Å². The van der Waals surface area contributed by atoms with Gasteiger partial charge in [-0.05, 0) is 100 Å². The molecule has 2 heterocycles. The number of anilines is 3. The fourth-order valence-corrected chi connectivity index (χ4v) is 7.67. The molecule has 53 heavy (non-hydrogen) atoms. The topological polar surface area (TPSA) is 21.3 Å². The molecule has 3 nitrogen and oxygen atoms in total. The summed E-state index contributed by atoms with van der Waals surface area (Å²) in [5, 5.41) is 3.54. The highest BCUT2D eigenvalue weighted by Crippen LogP contribution is 2.41. The normalized spacial score (nSPS) is 11.4. The van der Waals surface area contributed by atoms with Crippen molar-refractivity contribution in [3.05, 3.63) is 206 Å². The van der Waals surface area contributed by atoms with Gasteiger partial charge in [-0.25, -0.2) is 0 Å². The van der Waals surface area contributed by atoms with E-state index in [9.17, 15) is 0 Å². The van der Waals surface area contributed by atoms with Crippen molar-refractivity contribution < 1.29 is 4.42 Å². The molecule has 0 saturated heterocycles. The van der Waals surface area contributed by atoms with E-state index in [1.165, 1.54) is 44.1 Å². The van der Waals surface area contributed by atoms with E-state index >= 15 is 0 Å². The van der Waals surface area contributed by atoms with E-state index < -0.39 is 0 Å². The van der Waals surface area contributed by atoms with E-state index in [1.807, 2.05) is 24.5 Å². The van der Waals surface area contributed by atoms with Gasteiger partial charge in [-0.15, -0.1) is 0 Å². The molecule has 0 atom stereocenters. The standard InChI is InChI=1S/C50H34N2O/c1-4-12-35(13-5-1)37-20-28-43(29-21-37)52-47-31-25-39(36-14-6-2-7-15-36)32-46(47)44-30-24-40(33-48(44)52)38-22-26-42(27-23-38)51(41-16-8-3-9-17-41)49-34-53-50-19-11-10-18-45(49)50/h1-34H. The highest BCUT2D eigenvalue weighted by molar-refractivity contribution is 6.11. The van der Waals surface area contributed by atoms with E-state index in [2.05, 4.69) is 191 Å². The van der Waals surface area contributed by atoms with Crippen LogP contribution in [0.25, 0.3) is 71.8 Å². The maximum absolute atomic E-state index is 6.00. The lowest BCUT2D eigenvalue weighted by molar-refractivity contribution is 0.616. The fourth-order valence-electron chi connectivity index (χ4n) is 7.67. The molecular formula is C50H34N2O. The first-order chi connectivity index (χ1) is 26.3. The minimum Gasteiger partial charge on any atom is -0.462 e. The van der Waals surface area contributed by atoms with Gasteiger partial charge in [0.1, 0.15) is 11.8 Å². The summed E-state index contributed by atoms with van der Waals surface area (Å²) in [4.78, 5) is 2.26. The van der Waals surface area contributed by atoms with Crippen LogP contribution < -0.4 is 4.90 Å². The highest BCUT2D eigenvalue weighted by atomic mass is 16.3. The molecule has 250 valence electrons. The summed E-state index contributed by atoms with van der Waals surface area (Å²) >= 11 is 0. The molecule has 0 fully saturated rings. The number of aromatic nitrogens is 1. The lowest BCUT2D eigenvalue weighted by atomic mass is 10.0. The Morgan fingerprint density at radius 1 is 0.358 bits per heavy atom. The number of para-hydroxylation sites is 2. The maximum Gasteiger partial charge on any atom is 0.136 e. The molecule has 0 amide bonds. The molecule has 0 aliphatic heterocycles. The van der Waals surface area contributed by atoms with Crippen molar-refractivity contribution in [3.8, 4) is 39.1 Å². The van der Waals surface area contributed by atoms with Crippen LogP contribution in [0.1, 0.15) is 0 Å². The minimum absolute atomic E-state index is 0.870. The summed E-state index contributed by atoms with van der Waals surface area (Å²) < 4.78 is 8.41. The van der Waals surface area contributed by atoms with Crippen molar-refractivity contribution in [2.45, 2.75) is 0 Å². The molecule has 0 unspecified atom stereocenters. The largest absolute Gasteiger partial charge is 0.462 e. The molecule has 0 saturated carbocycles. The number of hydrogen-bond acceptors (Lipinski definition) is 2. The molecule has 10 rings (SSSR count). The van der Waals surface area contributed by atoms with Gasteiger partial charge in [0.15, 0.2) is 0 Å². The quantitative estimate of drug-likeness (QED) is 0.167. The van der Waals surface area contributed by atoms with Gasteiger partial charge < -0.3 is 13.9 Å².